The molecule has 0 N–H and O–H groups in total. The van der Waals surface area contributed by atoms with Crippen LogP contribution < -0.4 is 0 Å². The fraction of sp³-hybridized carbons (Fsp3) is 0.0714. The molecule has 392 valence electrons. The molecule has 0 heteroatoms. The van der Waals surface area contributed by atoms with Gasteiger partial charge in [-0.1, -0.05) is 252 Å². The summed E-state index contributed by atoms with van der Waals surface area (Å²) in [7, 11) is 0. The SMILES string of the molecule is Cc1cccc(-c2cc(-c3cccc(C)c3)c3c(c2-c2cccc(C)c2)-c2ccc4c5ccc6c7ccc8c9c(ccc(c%10ccc(c%11ccc-3c2c%114)c5c%106)c97)-c2c(-c3cccc(C)c3)cc(-c3cccc(C)c3)c(-c3cccc(C)c3)c2-8)c1. The smallest absolute Gasteiger partial charge is 0.000762 e. The van der Waals surface area contributed by atoms with E-state index in [4.69, 9.17) is 0 Å². The van der Waals surface area contributed by atoms with Gasteiger partial charge in [0.1, 0.15) is 0 Å². The molecular weight excluding hydrogens is 1010 g/mol. The Kier molecular flexibility index (Phi) is 9.73. The van der Waals surface area contributed by atoms with Gasteiger partial charge in [0.25, 0.3) is 0 Å². The monoisotopic (exact) mass is 1060 g/mol. The lowest BCUT2D eigenvalue weighted by Crippen LogP contribution is -1.95. The Morgan fingerprint density at radius 2 is 0.369 bits per heavy atom. The van der Waals surface area contributed by atoms with Gasteiger partial charge in [-0.15, -0.1) is 0 Å². The first-order chi connectivity index (χ1) is 41.1. The third-order valence-corrected chi connectivity index (χ3v) is 19.3. The van der Waals surface area contributed by atoms with Crippen molar-refractivity contribution in [3.05, 3.63) is 264 Å². The largest absolute Gasteiger partial charge is 0.0614 e. The normalized spacial score (nSPS) is 12.4. The molecule has 0 fully saturated rings. The van der Waals surface area contributed by atoms with Crippen LogP contribution in [0.5, 0.6) is 0 Å². The highest BCUT2D eigenvalue weighted by molar-refractivity contribution is 6.45. The zero-order chi connectivity index (χ0) is 56.0. The third-order valence-electron chi connectivity index (χ3n) is 19.3. The highest BCUT2D eigenvalue weighted by atomic mass is 14.4. The van der Waals surface area contributed by atoms with E-state index in [0.29, 0.717) is 0 Å². The molecule has 2 aliphatic rings. The lowest BCUT2D eigenvalue weighted by Gasteiger charge is -2.21. The molecule has 16 aromatic rings. The first-order valence-electron chi connectivity index (χ1n) is 29.8. The minimum Gasteiger partial charge on any atom is -0.0614 e. The number of rotatable bonds is 6. The third kappa shape index (κ3) is 6.49. The summed E-state index contributed by atoms with van der Waals surface area (Å²) in [4.78, 5) is 0. The van der Waals surface area contributed by atoms with Gasteiger partial charge in [0.2, 0.25) is 0 Å². The van der Waals surface area contributed by atoms with Gasteiger partial charge in [-0.2, -0.15) is 0 Å². The van der Waals surface area contributed by atoms with Crippen LogP contribution in [-0.4, -0.2) is 0 Å². The molecule has 0 saturated carbocycles. The van der Waals surface area contributed by atoms with E-state index in [9.17, 15) is 0 Å². The number of aryl methyl sites for hydroxylation is 6. The molecule has 0 heterocycles. The van der Waals surface area contributed by atoms with Crippen LogP contribution in [0.3, 0.4) is 0 Å². The summed E-state index contributed by atoms with van der Waals surface area (Å²) in [5.74, 6) is 0. The summed E-state index contributed by atoms with van der Waals surface area (Å²) >= 11 is 0. The van der Waals surface area contributed by atoms with Crippen LogP contribution in [0, 0.1) is 41.5 Å². The van der Waals surface area contributed by atoms with Crippen molar-refractivity contribution in [1.82, 2.24) is 0 Å². The molecule has 0 aromatic heterocycles. The predicted molar refractivity (Wildman–Crippen MR) is 361 cm³/mol. The Labute approximate surface area is 489 Å². The molecule has 2 aliphatic carbocycles. The maximum absolute atomic E-state index is 2.51. The number of fused-ring (bicyclic) bond motifs is 10. The van der Waals surface area contributed by atoms with Crippen LogP contribution >= 0.6 is 0 Å². The van der Waals surface area contributed by atoms with E-state index in [-0.39, 0.29) is 0 Å². The van der Waals surface area contributed by atoms with E-state index in [2.05, 4.69) is 272 Å². The minimum atomic E-state index is 1.24. The van der Waals surface area contributed by atoms with Gasteiger partial charge >= 0.3 is 0 Å². The molecule has 18 rings (SSSR count). The van der Waals surface area contributed by atoms with E-state index < -0.39 is 0 Å². The van der Waals surface area contributed by atoms with E-state index >= 15 is 0 Å². The van der Waals surface area contributed by atoms with Crippen LogP contribution in [-0.2, 0) is 0 Å². The molecule has 0 nitrogen and oxygen atoms in total. The van der Waals surface area contributed by atoms with E-state index in [1.807, 2.05) is 0 Å². The second kappa shape index (κ2) is 17.2. The minimum absolute atomic E-state index is 1.24. The molecule has 0 unspecified atom stereocenters. The molecule has 84 heavy (non-hydrogen) atoms. The summed E-state index contributed by atoms with van der Waals surface area (Å²) < 4.78 is 0. The predicted octanol–water partition coefficient (Wildman–Crippen LogP) is 23.8. The second-order valence-corrected chi connectivity index (χ2v) is 24.6. The van der Waals surface area contributed by atoms with Gasteiger partial charge in [-0.25, -0.2) is 0 Å². The van der Waals surface area contributed by atoms with Crippen molar-refractivity contribution in [2.75, 3.05) is 0 Å². The molecule has 0 amide bonds. The van der Waals surface area contributed by atoms with Gasteiger partial charge in [-0.05, 0) is 240 Å². The number of hydrogen-bond acceptors (Lipinski definition) is 0. The Bertz CT molecular complexity index is 5190. The fourth-order valence-electron chi connectivity index (χ4n) is 15.9. The van der Waals surface area contributed by atoms with Gasteiger partial charge < -0.3 is 0 Å². The number of benzene rings is 16. The molecule has 0 saturated heterocycles. The van der Waals surface area contributed by atoms with Crippen LogP contribution in [0.4, 0.5) is 0 Å². The first-order valence-corrected chi connectivity index (χ1v) is 29.8. The summed E-state index contributed by atoms with van der Waals surface area (Å²) in [6, 6.07) is 89.4. The van der Waals surface area contributed by atoms with E-state index in [1.54, 1.807) is 0 Å². The van der Waals surface area contributed by atoms with E-state index in [1.165, 1.54) is 220 Å². The molecular formula is C84H56. The molecule has 0 spiro atoms. The average Bonchev–Trinajstić information content (AvgIpc) is 1.38. The zero-order valence-corrected chi connectivity index (χ0v) is 47.9. The van der Waals surface area contributed by atoms with Crippen LogP contribution in [0.2, 0.25) is 0 Å². The topological polar surface area (TPSA) is 0 Å². The summed E-state index contributed by atoms with van der Waals surface area (Å²) in [5, 5.41) is 18.7. The molecule has 0 atom stereocenters. The van der Waals surface area contributed by atoms with Crippen LogP contribution in [0.25, 0.3) is 187 Å². The first kappa shape index (κ1) is 47.5. The summed E-state index contributed by atoms with van der Waals surface area (Å²) in [5.41, 5.74) is 33.3. The highest BCUT2D eigenvalue weighted by Crippen LogP contribution is 2.62. The Morgan fingerprint density at radius 1 is 0.155 bits per heavy atom. The van der Waals surface area contributed by atoms with Crippen molar-refractivity contribution in [3.8, 4) is 111 Å². The highest BCUT2D eigenvalue weighted by Gasteiger charge is 2.35. The fourth-order valence-corrected chi connectivity index (χ4v) is 15.9. The Hall–Kier alpha value is -10.1. The van der Waals surface area contributed by atoms with Gasteiger partial charge in [0, 0.05) is 0 Å². The van der Waals surface area contributed by atoms with Crippen LogP contribution in [0.15, 0.2) is 231 Å². The van der Waals surface area contributed by atoms with E-state index in [0.717, 1.165) is 0 Å². The molecule has 0 aliphatic heterocycles. The Morgan fingerprint density at radius 3 is 0.643 bits per heavy atom. The van der Waals surface area contributed by atoms with Gasteiger partial charge in [-0.3, -0.25) is 0 Å². The molecule has 16 aromatic carbocycles. The van der Waals surface area contributed by atoms with Crippen molar-refractivity contribution in [2.45, 2.75) is 41.5 Å². The van der Waals surface area contributed by atoms with Crippen molar-refractivity contribution < 1.29 is 0 Å². The summed E-state index contributed by atoms with van der Waals surface area (Å²) in [6.45, 7) is 13.3. The second-order valence-electron chi connectivity index (χ2n) is 24.6. The van der Waals surface area contributed by atoms with Crippen molar-refractivity contribution >= 4 is 75.4 Å². The maximum Gasteiger partial charge on any atom is -0.000762 e. The molecule has 0 bridgehead atoms. The standard InChI is InChI=1S/C84H56/c1-45-13-7-19-51(37-45)69-43-71(53-21-9-15-47(3)39-53)81-65-33-29-61-57-25-26-58-62-30-34-66-80-68(84-74(56-24-12-18-50(6)42-56)70(52-20-8-14-46(2)38-52)44-72(82(66)84)54-22-10-16-48(4)40-54)36-32-64(78(62)80)60-28-27-59(75(57)76(58)60)63-31-35-67(79(65)77(61)63)83(81)73(69)55-23-11-17-49(5)41-55/h7-44H,1-6H3. The average molecular weight is 1070 g/mol. The maximum atomic E-state index is 2.51. The lowest BCUT2D eigenvalue weighted by molar-refractivity contribution is 1.44. The van der Waals surface area contributed by atoms with Crippen LogP contribution in [0.1, 0.15) is 33.4 Å². The number of hydrogen-bond donors (Lipinski definition) is 0. The van der Waals surface area contributed by atoms with Crippen molar-refractivity contribution in [3.63, 3.8) is 0 Å². The summed E-state index contributed by atoms with van der Waals surface area (Å²) in [6.07, 6.45) is 0. The van der Waals surface area contributed by atoms with Gasteiger partial charge in [0.05, 0.1) is 0 Å². The molecule has 0 radical (unpaired) electrons. The quantitative estimate of drug-likeness (QED) is 0.115. The van der Waals surface area contributed by atoms with Crippen molar-refractivity contribution in [2.24, 2.45) is 0 Å². The van der Waals surface area contributed by atoms with Crippen molar-refractivity contribution in [1.29, 1.82) is 0 Å². The lowest BCUT2D eigenvalue weighted by atomic mass is 9.81. The zero-order valence-electron chi connectivity index (χ0n) is 47.9. The Balaban J connectivity index is 0.918. The van der Waals surface area contributed by atoms with Gasteiger partial charge in [0.15, 0.2) is 0 Å².